The van der Waals surface area contributed by atoms with Crippen LogP contribution in [0.3, 0.4) is 0 Å². The van der Waals surface area contributed by atoms with Crippen LogP contribution in [-0.2, 0) is 11.2 Å². The molecule has 116 valence electrons. The standard InChI is InChI=1S/C18H20O4/c1-13(15-10-17(20-2)12-18(11-15)21-3)22-16-6-4-14(5-7-16)8-9-19/h4-7,9-13H,8H2,1-3H3. The number of hydrogen-bond acceptors (Lipinski definition) is 4. The molecule has 2 aromatic carbocycles. The fourth-order valence-corrected chi connectivity index (χ4v) is 2.14. The molecule has 4 heteroatoms. The van der Waals surface area contributed by atoms with E-state index < -0.39 is 0 Å². The highest BCUT2D eigenvalue weighted by molar-refractivity contribution is 5.55. The second-order valence-corrected chi connectivity index (χ2v) is 4.92. The van der Waals surface area contributed by atoms with Gasteiger partial charge in [-0.25, -0.2) is 0 Å². The van der Waals surface area contributed by atoms with Crippen LogP contribution in [0.15, 0.2) is 42.5 Å². The average molecular weight is 300 g/mol. The zero-order valence-corrected chi connectivity index (χ0v) is 13.0. The summed E-state index contributed by atoms with van der Waals surface area (Å²) >= 11 is 0. The van der Waals surface area contributed by atoms with Gasteiger partial charge in [-0.05, 0) is 42.3 Å². The van der Waals surface area contributed by atoms with Crippen molar-refractivity contribution in [3.05, 3.63) is 53.6 Å². The van der Waals surface area contributed by atoms with Crippen molar-refractivity contribution in [2.75, 3.05) is 14.2 Å². The summed E-state index contributed by atoms with van der Waals surface area (Å²) in [6, 6.07) is 13.2. The molecule has 0 saturated heterocycles. The zero-order valence-electron chi connectivity index (χ0n) is 13.0. The number of benzene rings is 2. The van der Waals surface area contributed by atoms with E-state index in [1.807, 2.05) is 49.4 Å². The SMILES string of the molecule is COc1cc(OC)cc(C(C)Oc2ccc(CC=O)cc2)c1. The number of aldehydes is 1. The van der Waals surface area contributed by atoms with Crippen molar-refractivity contribution in [1.82, 2.24) is 0 Å². The first-order valence-corrected chi connectivity index (χ1v) is 7.08. The van der Waals surface area contributed by atoms with E-state index in [4.69, 9.17) is 14.2 Å². The van der Waals surface area contributed by atoms with Gasteiger partial charge in [0, 0.05) is 12.5 Å². The number of carbonyl (C=O) groups excluding carboxylic acids is 1. The summed E-state index contributed by atoms with van der Waals surface area (Å²) in [6.07, 6.45) is 1.16. The van der Waals surface area contributed by atoms with E-state index >= 15 is 0 Å². The lowest BCUT2D eigenvalue weighted by Crippen LogP contribution is -2.04. The minimum atomic E-state index is -0.152. The monoisotopic (exact) mass is 300 g/mol. The predicted octanol–water partition coefficient (Wildman–Crippen LogP) is 3.59. The third-order valence-corrected chi connectivity index (χ3v) is 3.40. The Morgan fingerprint density at radius 2 is 1.55 bits per heavy atom. The smallest absolute Gasteiger partial charge is 0.124 e. The van der Waals surface area contributed by atoms with Crippen molar-refractivity contribution < 1.29 is 19.0 Å². The van der Waals surface area contributed by atoms with Crippen LogP contribution in [0.4, 0.5) is 0 Å². The van der Waals surface area contributed by atoms with Crippen molar-refractivity contribution in [3.63, 3.8) is 0 Å². The fourth-order valence-electron chi connectivity index (χ4n) is 2.14. The molecular formula is C18H20O4. The summed E-state index contributed by atoms with van der Waals surface area (Å²) in [6.45, 7) is 1.97. The number of methoxy groups -OCH3 is 2. The lowest BCUT2D eigenvalue weighted by molar-refractivity contribution is -0.107. The van der Waals surface area contributed by atoms with Gasteiger partial charge in [-0.3, -0.25) is 0 Å². The van der Waals surface area contributed by atoms with Crippen molar-refractivity contribution in [2.45, 2.75) is 19.4 Å². The van der Waals surface area contributed by atoms with Gasteiger partial charge in [-0.2, -0.15) is 0 Å². The lowest BCUT2D eigenvalue weighted by Gasteiger charge is -2.17. The molecule has 4 nitrogen and oxygen atoms in total. The van der Waals surface area contributed by atoms with Crippen LogP contribution in [0.2, 0.25) is 0 Å². The molecule has 1 atom stereocenters. The number of hydrogen-bond donors (Lipinski definition) is 0. The quantitative estimate of drug-likeness (QED) is 0.733. The third kappa shape index (κ3) is 4.01. The minimum Gasteiger partial charge on any atom is -0.497 e. The van der Waals surface area contributed by atoms with Gasteiger partial charge < -0.3 is 19.0 Å². The number of ether oxygens (including phenoxy) is 3. The maximum atomic E-state index is 10.5. The first kappa shape index (κ1) is 15.9. The molecule has 0 N–H and O–H groups in total. The summed E-state index contributed by atoms with van der Waals surface area (Å²) in [5, 5.41) is 0. The summed E-state index contributed by atoms with van der Waals surface area (Å²) < 4.78 is 16.5. The van der Waals surface area contributed by atoms with Gasteiger partial charge in [-0.15, -0.1) is 0 Å². The summed E-state index contributed by atoms with van der Waals surface area (Å²) in [4.78, 5) is 10.5. The molecule has 0 fully saturated rings. The van der Waals surface area contributed by atoms with Gasteiger partial charge in [-0.1, -0.05) is 12.1 Å². The van der Waals surface area contributed by atoms with Crippen LogP contribution in [0.25, 0.3) is 0 Å². The number of rotatable bonds is 7. The van der Waals surface area contributed by atoms with Crippen molar-refractivity contribution in [1.29, 1.82) is 0 Å². The fraction of sp³-hybridized carbons (Fsp3) is 0.278. The highest BCUT2D eigenvalue weighted by Crippen LogP contribution is 2.29. The molecule has 0 aromatic heterocycles. The molecule has 0 aliphatic heterocycles. The average Bonchev–Trinajstić information content (AvgIpc) is 2.56. The van der Waals surface area contributed by atoms with Crippen molar-refractivity contribution in [3.8, 4) is 17.2 Å². The first-order chi connectivity index (χ1) is 10.7. The van der Waals surface area contributed by atoms with Crippen LogP contribution in [0.5, 0.6) is 17.2 Å². The van der Waals surface area contributed by atoms with E-state index in [1.165, 1.54) is 0 Å². The van der Waals surface area contributed by atoms with Crippen LogP contribution in [0, 0.1) is 0 Å². The molecule has 0 spiro atoms. The van der Waals surface area contributed by atoms with E-state index in [2.05, 4.69) is 0 Å². The third-order valence-electron chi connectivity index (χ3n) is 3.40. The topological polar surface area (TPSA) is 44.8 Å². The first-order valence-electron chi connectivity index (χ1n) is 7.08. The van der Waals surface area contributed by atoms with Crippen LogP contribution >= 0.6 is 0 Å². The largest absolute Gasteiger partial charge is 0.497 e. The Bertz CT molecular complexity index is 597. The van der Waals surface area contributed by atoms with Gasteiger partial charge in [0.1, 0.15) is 29.6 Å². The molecule has 0 aliphatic rings. The predicted molar refractivity (Wildman–Crippen MR) is 84.8 cm³/mol. The van der Waals surface area contributed by atoms with E-state index in [0.29, 0.717) is 6.42 Å². The molecule has 0 aliphatic carbocycles. The lowest BCUT2D eigenvalue weighted by atomic mass is 10.1. The van der Waals surface area contributed by atoms with Crippen LogP contribution < -0.4 is 14.2 Å². The molecule has 0 bridgehead atoms. The van der Waals surface area contributed by atoms with Crippen LogP contribution in [-0.4, -0.2) is 20.5 Å². The molecule has 0 amide bonds. The summed E-state index contributed by atoms with van der Waals surface area (Å²) in [7, 11) is 3.24. The maximum Gasteiger partial charge on any atom is 0.124 e. The Labute approximate surface area is 130 Å². The molecule has 2 aromatic rings. The Balaban J connectivity index is 2.14. The van der Waals surface area contributed by atoms with Crippen molar-refractivity contribution >= 4 is 6.29 Å². The molecular weight excluding hydrogens is 280 g/mol. The Morgan fingerprint density at radius 3 is 2.05 bits per heavy atom. The Morgan fingerprint density at radius 1 is 0.955 bits per heavy atom. The Hall–Kier alpha value is -2.49. The molecule has 1 unspecified atom stereocenters. The molecule has 0 saturated carbocycles. The molecule has 2 rings (SSSR count). The normalized spacial score (nSPS) is 11.6. The molecule has 0 heterocycles. The van der Waals surface area contributed by atoms with Gasteiger partial charge in [0.25, 0.3) is 0 Å². The summed E-state index contributed by atoms with van der Waals surface area (Å²) in [5.74, 6) is 2.21. The van der Waals surface area contributed by atoms with Crippen molar-refractivity contribution in [2.24, 2.45) is 0 Å². The summed E-state index contributed by atoms with van der Waals surface area (Å²) in [5.41, 5.74) is 1.94. The Kier molecular flexibility index (Phi) is 5.42. The van der Waals surface area contributed by atoms with E-state index in [0.717, 1.165) is 34.7 Å². The highest BCUT2D eigenvalue weighted by Gasteiger charge is 2.11. The second kappa shape index (κ2) is 7.50. The van der Waals surface area contributed by atoms with E-state index in [-0.39, 0.29) is 6.10 Å². The van der Waals surface area contributed by atoms with Gasteiger partial charge in [0.15, 0.2) is 0 Å². The maximum absolute atomic E-state index is 10.5. The highest BCUT2D eigenvalue weighted by atomic mass is 16.5. The molecule has 22 heavy (non-hydrogen) atoms. The van der Waals surface area contributed by atoms with Gasteiger partial charge in [0.05, 0.1) is 14.2 Å². The second-order valence-electron chi connectivity index (χ2n) is 4.92. The van der Waals surface area contributed by atoms with E-state index in [1.54, 1.807) is 14.2 Å². The van der Waals surface area contributed by atoms with Gasteiger partial charge >= 0.3 is 0 Å². The minimum absolute atomic E-state index is 0.152. The van der Waals surface area contributed by atoms with E-state index in [9.17, 15) is 4.79 Å². The zero-order chi connectivity index (χ0) is 15.9. The molecule has 0 radical (unpaired) electrons. The number of carbonyl (C=O) groups is 1. The van der Waals surface area contributed by atoms with Crippen LogP contribution in [0.1, 0.15) is 24.2 Å². The van der Waals surface area contributed by atoms with Gasteiger partial charge in [0.2, 0.25) is 0 Å².